The van der Waals surface area contributed by atoms with Crippen LogP contribution in [0.1, 0.15) is 24.9 Å². The summed E-state index contributed by atoms with van der Waals surface area (Å²) in [7, 11) is 0. The molecule has 0 saturated carbocycles. The minimum atomic E-state index is -0.254. The monoisotopic (exact) mass is 300 g/mol. The third kappa shape index (κ3) is 4.58. The Hall–Kier alpha value is -0.710. The van der Waals surface area contributed by atoms with Crippen molar-refractivity contribution >= 4 is 15.9 Å². The molecule has 1 aromatic rings. The lowest BCUT2D eigenvalue weighted by Crippen LogP contribution is -2.28. The predicted octanol–water partition coefficient (Wildman–Crippen LogP) is 3.14. The Morgan fingerprint density at radius 1 is 1.53 bits per heavy atom. The maximum atomic E-state index is 13.4. The van der Waals surface area contributed by atoms with Gasteiger partial charge in [0.25, 0.3) is 0 Å². The van der Waals surface area contributed by atoms with E-state index < -0.39 is 0 Å². The van der Waals surface area contributed by atoms with Crippen LogP contribution in [0.15, 0.2) is 34.8 Å². The van der Waals surface area contributed by atoms with Gasteiger partial charge in [0.05, 0.1) is 4.47 Å². The van der Waals surface area contributed by atoms with Gasteiger partial charge in [-0.05, 0) is 53.5 Å². The van der Waals surface area contributed by atoms with Gasteiger partial charge in [-0.15, -0.1) is 0 Å². The Balaban J connectivity index is 2.62. The van der Waals surface area contributed by atoms with Gasteiger partial charge in [-0.25, -0.2) is 4.39 Å². The maximum absolute atomic E-state index is 13.4. The molecule has 3 N–H and O–H groups in total. The quantitative estimate of drug-likeness (QED) is 0.626. The highest BCUT2D eigenvalue weighted by molar-refractivity contribution is 9.10. The molecule has 1 atom stereocenters. The first kappa shape index (κ1) is 14.4. The van der Waals surface area contributed by atoms with Gasteiger partial charge in [0.1, 0.15) is 5.82 Å². The number of halogens is 2. The van der Waals surface area contributed by atoms with Gasteiger partial charge in [-0.2, -0.15) is 0 Å². The number of hydrogen-bond acceptors (Lipinski definition) is 2. The summed E-state index contributed by atoms with van der Waals surface area (Å²) in [5.74, 6) is -0.254. The van der Waals surface area contributed by atoms with Crippen molar-refractivity contribution in [2.24, 2.45) is 5.73 Å². The summed E-state index contributed by atoms with van der Waals surface area (Å²) in [6.07, 6.45) is 5.05. The van der Waals surface area contributed by atoms with Gasteiger partial charge in [-0.3, -0.25) is 0 Å². The number of allylic oxidation sites excluding steroid dienone is 1. The van der Waals surface area contributed by atoms with Crippen molar-refractivity contribution < 1.29 is 4.39 Å². The summed E-state index contributed by atoms with van der Waals surface area (Å²) in [5, 5.41) is 3.31. The molecule has 1 unspecified atom stereocenters. The summed E-state index contributed by atoms with van der Waals surface area (Å²) in [6.45, 7) is 3.28. The molecular formula is C13H18BrFN2. The molecule has 0 bridgehead atoms. The van der Waals surface area contributed by atoms with E-state index in [9.17, 15) is 4.39 Å². The van der Waals surface area contributed by atoms with Crippen molar-refractivity contribution in [3.05, 3.63) is 46.2 Å². The second kappa shape index (κ2) is 7.58. The van der Waals surface area contributed by atoms with Gasteiger partial charge < -0.3 is 11.1 Å². The first-order valence-electron chi connectivity index (χ1n) is 5.68. The van der Waals surface area contributed by atoms with Crippen molar-refractivity contribution in [2.75, 3.05) is 13.1 Å². The zero-order valence-electron chi connectivity index (χ0n) is 9.92. The lowest BCUT2D eigenvalue weighted by atomic mass is 10.1. The van der Waals surface area contributed by atoms with Gasteiger partial charge in [0.2, 0.25) is 0 Å². The first-order chi connectivity index (χ1) is 8.19. The van der Waals surface area contributed by atoms with Crippen LogP contribution in [0.3, 0.4) is 0 Å². The molecule has 0 aliphatic carbocycles. The molecule has 0 aliphatic rings. The van der Waals surface area contributed by atoms with Crippen LogP contribution in [0.4, 0.5) is 4.39 Å². The van der Waals surface area contributed by atoms with E-state index in [-0.39, 0.29) is 11.9 Å². The Labute approximate surface area is 110 Å². The van der Waals surface area contributed by atoms with E-state index in [1.807, 2.05) is 19.1 Å². The molecule has 1 rings (SSSR count). The smallest absolute Gasteiger partial charge is 0.137 e. The predicted molar refractivity (Wildman–Crippen MR) is 73.3 cm³/mol. The second-order valence-corrected chi connectivity index (χ2v) is 4.63. The molecule has 94 valence electrons. The van der Waals surface area contributed by atoms with Crippen LogP contribution in [-0.2, 0) is 0 Å². The molecule has 1 aromatic carbocycles. The Kier molecular flexibility index (Phi) is 6.40. The molecule has 0 fully saturated rings. The zero-order chi connectivity index (χ0) is 12.7. The minimum Gasteiger partial charge on any atom is -0.329 e. The molecular weight excluding hydrogens is 283 g/mol. The maximum Gasteiger partial charge on any atom is 0.137 e. The largest absolute Gasteiger partial charge is 0.329 e. The molecule has 2 nitrogen and oxygen atoms in total. The topological polar surface area (TPSA) is 38.0 Å². The Morgan fingerprint density at radius 2 is 2.29 bits per heavy atom. The standard InChI is InChI=1S/C13H18BrFN2/c1-2-3-4-7-17-13(9-16)10-5-6-11(14)12(15)8-10/h2-3,5-6,8,13,17H,4,7,9,16H2,1H3/b3-2+. The third-order valence-electron chi connectivity index (χ3n) is 2.52. The lowest BCUT2D eigenvalue weighted by Gasteiger charge is -2.17. The number of nitrogens with two attached hydrogens (primary N) is 1. The third-order valence-corrected chi connectivity index (χ3v) is 3.16. The van der Waals surface area contributed by atoms with Gasteiger partial charge >= 0.3 is 0 Å². The van der Waals surface area contributed by atoms with E-state index >= 15 is 0 Å². The van der Waals surface area contributed by atoms with Crippen molar-refractivity contribution in [1.82, 2.24) is 5.32 Å². The van der Waals surface area contributed by atoms with Crippen LogP contribution >= 0.6 is 15.9 Å². The van der Waals surface area contributed by atoms with Gasteiger partial charge in [-0.1, -0.05) is 18.2 Å². The van der Waals surface area contributed by atoms with Crippen LogP contribution in [0.2, 0.25) is 0 Å². The summed E-state index contributed by atoms with van der Waals surface area (Å²) in [5.41, 5.74) is 6.58. The summed E-state index contributed by atoms with van der Waals surface area (Å²) >= 11 is 3.14. The fourth-order valence-corrected chi connectivity index (χ4v) is 1.82. The number of rotatable bonds is 6. The minimum absolute atomic E-state index is 0.00264. The van der Waals surface area contributed by atoms with Crippen LogP contribution in [0.25, 0.3) is 0 Å². The first-order valence-corrected chi connectivity index (χ1v) is 6.48. The Morgan fingerprint density at radius 3 is 2.88 bits per heavy atom. The Bertz CT molecular complexity index is 380. The van der Waals surface area contributed by atoms with E-state index in [4.69, 9.17) is 5.73 Å². The molecule has 0 heterocycles. The van der Waals surface area contributed by atoms with Crippen molar-refractivity contribution in [1.29, 1.82) is 0 Å². The molecule has 0 spiro atoms. The summed E-state index contributed by atoms with van der Waals surface area (Å²) < 4.78 is 13.9. The van der Waals surface area contributed by atoms with Crippen molar-refractivity contribution in [3.8, 4) is 0 Å². The lowest BCUT2D eigenvalue weighted by molar-refractivity contribution is 0.541. The van der Waals surface area contributed by atoms with Gasteiger partial charge in [0, 0.05) is 12.6 Å². The highest BCUT2D eigenvalue weighted by Gasteiger charge is 2.10. The molecule has 4 heteroatoms. The van der Waals surface area contributed by atoms with E-state index in [0.29, 0.717) is 11.0 Å². The molecule has 0 radical (unpaired) electrons. The van der Waals surface area contributed by atoms with Crippen LogP contribution < -0.4 is 11.1 Å². The molecule has 0 aromatic heterocycles. The number of nitrogens with one attached hydrogen (secondary N) is 1. The average Bonchev–Trinajstić information content (AvgIpc) is 2.33. The summed E-state index contributed by atoms with van der Waals surface area (Å²) in [6, 6.07) is 5.11. The van der Waals surface area contributed by atoms with Crippen LogP contribution in [0.5, 0.6) is 0 Å². The number of hydrogen-bond donors (Lipinski definition) is 2. The van der Waals surface area contributed by atoms with E-state index in [1.165, 1.54) is 6.07 Å². The molecule has 0 amide bonds. The second-order valence-electron chi connectivity index (χ2n) is 3.77. The fraction of sp³-hybridized carbons (Fsp3) is 0.385. The summed E-state index contributed by atoms with van der Waals surface area (Å²) in [4.78, 5) is 0. The van der Waals surface area contributed by atoms with Crippen LogP contribution in [-0.4, -0.2) is 13.1 Å². The molecule has 0 saturated heterocycles. The van der Waals surface area contributed by atoms with Crippen LogP contribution in [0, 0.1) is 5.82 Å². The number of benzene rings is 1. The highest BCUT2D eigenvalue weighted by Crippen LogP contribution is 2.20. The van der Waals surface area contributed by atoms with Crippen molar-refractivity contribution in [2.45, 2.75) is 19.4 Å². The van der Waals surface area contributed by atoms with E-state index in [0.717, 1.165) is 18.5 Å². The van der Waals surface area contributed by atoms with E-state index in [2.05, 4.69) is 27.3 Å². The van der Waals surface area contributed by atoms with Crippen molar-refractivity contribution in [3.63, 3.8) is 0 Å². The normalized spacial score (nSPS) is 13.2. The van der Waals surface area contributed by atoms with Gasteiger partial charge in [0.15, 0.2) is 0 Å². The molecule has 17 heavy (non-hydrogen) atoms. The molecule has 0 aliphatic heterocycles. The van der Waals surface area contributed by atoms with E-state index in [1.54, 1.807) is 6.07 Å². The highest BCUT2D eigenvalue weighted by atomic mass is 79.9. The fourth-order valence-electron chi connectivity index (χ4n) is 1.57. The zero-order valence-corrected chi connectivity index (χ0v) is 11.5. The average molecular weight is 301 g/mol. The SMILES string of the molecule is C/C=C/CCNC(CN)c1ccc(Br)c(F)c1.